The van der Waals surface area contributed by atoms with Crippen LogP contribution in [0, 0.1) is 5.95 Å². The Hall–Kier alpha value is -2.04. The third-order valence-electron chi connectivity index (χ3n) is 2.14. The lowest BCUT2D eigenvalue weighted by Crippen LogP contribution is -2.08. The van der Waals surface area contributed by atoms with Gasteiger partial charge in [-0.1, -0.05) is 0 Å². The Morgan fingerprint density at radius 1 is 1.19 bits per heavy atom. The number of pyridine rings is 1. The average molecular weight is 218 g/mol. The first kappa shape index (κ1) is 10.5. The Labute approximate surface area is 92.6 Å². The van der Waals surface area contributed by atoms with Crippen LogP contribution in [0.4, 0.5) is 10.1 Å². The minimum Gasteiger partial charge on any atom is -0.376 e. The smallest absolute Gasteiger partial charge is 0.212 e. The van der Waals surface area contributed by atoms with Crippen molar-refractivity contribution in [2.45, 2.75) is 13.0 Å². The van der Waals surface area contributed by atoms with Gasteiger partial charge in [0.25, 0.3) is 0 Å². The second-order valence-electron chi connectivity index (χ2n) is 3.37. The third kappa shape index (κ3) is 2.50. The molecule has 82 valence electrons. The number of aromatic nitrogens is 3. The normalized spacial score (nSPS) is 12.1. The van der Waals surface area contributed by atoms with Crippen molar-refractivity contribution in [3.05, 3.63) is 48.6 Å². The van der Waals surface area contributed by atoms with Crippen molar-refractivity contribution in [1.82, 2.24) is 15.0 Å². The van der Waals surface area contributed by atoms with E-state index >= 15 is 0 Å². The van der Waals surface area contributed by atoms with Gasteiger partial charge in [-0.25, -0.2) is 4.98 Å². The standard InChI is InChI=1S/C11H11FN4/c1-8(10-7-13-4-5-14-10)16-9-2-3-11(12)15-6-9/h2-8,16H,1H3. The molecular formula is C11H11FN4. The van der Waals surface area contributed by atoms with Crippen molar-refractivity contribution in [2.75, 3.05) is 5.32 Å². The Balaban J connectivity index is 2.08. The Bertz CT molecular complexity index is 443. The molecule has 0 saturated carbocycles. The van der Waals surface area contributed by atoms with Crippen LogP contribution in [0.15, 0.2) is 36.9 Å². The van der Waals surface area contributed by atoms with Gasteiger partial charge in [-0.15, -0.1) is 0 Å². The maximum Gasteiger partial charge on any atom is 0.212 e. The molecule has 2 heterocycles. The van der Waals surface area contributed by atoms with Crippen LogP contribution in [0.3, 0.4) is 0 Å². The van der Waals surface area contributed by atoms with Crippen molar-refractivity contribution in [2.24, 2.45) is 0 Å². The van der Waals surface area contributed by atoms with Crippen LogP contribution in [0.25, 0.3) is 0 Å². The quantitative estimate of drug-likeness (QED) is 0.802. The second-order valence-corrected chi connectivity index (χ2v) is 3.37. The third-order valence-corrected chi connectivity index (χ3v) is 2.14. The molecule has 5 heteroatoms. The summed E-state index contributed by atoms with van der Waals surface area (Å²) in [5, 5.41) is 3.15. The fourth-order valence-electron chi connectivity index (χ4n) is 1.32. The van der Waals surface area contributed by atoms with E-state index in [1.54, 1.807) is 24.7 Å². The summed E-state index contributed by atoms with van der Waals surface area (Å²) in [5.41, 5.74) is 1.58. The molecule has 0 spiro atoms. The van der Waals surface area contributed by atoms with Crippen LogP contribution >= 0.6 is 0 Å². The molecule has 1 atom stereocenters. The van der Waals surface area contributed by atoms with E-state index in [0.717, 1.165) is 11.4 Å². The van der Waals surface area contributed by atoms with Crippen molar-refractivity contribution in [3.63, 3.8) is 0 Å². The molecule has 0 aliphatic carbocycles. The van der Waals surface area contributed by atoms with Crippen LogP contribution in [0.1, 0.15) is 18.7 Å². The highest BCUT2D eigenvalue weighted by molar-refractivity contribution is 5.41. The van der Waals surface area contributed by atoms with Gasteiger partial charge in [-0.2, -0.15) is 4.39 Å². The van der Waals surface area contributed by atoms with Crippen LogP contribution in [-0.2, 0) is 0 Å². The molecule has 0 bridgehead atoms. The van der Waals surface area contributed by atoms with Crippen LogP contribution in [0.2, 0.25) is 0 Å². The van der Waals surface area contributed by atoms with Gasteiger partial charge in [0.1, 0.15) is 0 Å². The Morgan fingerprint density at radius 3 is 2.69 bits per heavy atom. The summed E-state index contributed by atoms with van der Waals surface area (Å²) in [6.45, 7) is 1.95. The van der Waals surface area contributed by atoms with Gasteiger partial charge in [0.15, 0.2) is 0 Å². The summed E-state index contributed by atoms with van der Waals surface area (Å²) >= 11 is 0. The highest BCUT2D eigenvalue weighted by Gasteiger charge is 2.06. The second kappa shape index (κ2) is 4.65. The molecule has 1 unspecified atom stereocenters. The molecule has 0 aliphatic heterocycles. The summed E-state index contributed by atoms with van der Waals surface area (Å²) in [6, 6.07) is 2.95. The van der Waals surface area contributed by atoms with Gasteiger partial charge in [-0.05, 0) is 19.1 Å². The van der Waals surface area contributed by atoms with Gasteiger partial charge < -0.3 is 5.32 Å². The molecule has 0 amide bonds. The largest absolute Gasteiger partial charge is 0.376 e. The number of hydrogen-bond acceptors (Lipinski definition) is 4. The van der Waals surface area contributed by atoms with Crippen molar-refractivity contribution in [3.8, 4) is 0 Å². The fourth-order valence-corrected chi connectivity index (χ4v) is 1.32. The monoisotopic (exact) mass is 218 g/mol. The predicted octanol–water partition coefficient (Wildman–Crippen LogP) is 2.18. The predicted molar refractivity (Wildman–Crippen MR) is 58.3 cm³/mol. The van der Waals surface area contributed by atoms with E-state index in [1.807, 2.05) is 6.92 Å². The van der Waals surface area contributed by atoms with Crippen LogP contribution in [0.5, 0.6) is 0 Å². The number of nitrogens with zero attached hydrogens (tertiary/aromatic N) is 3. The van der Waals surface area contributed by atoms with Crippen molar-refractivity contribution < 1.29 is 4.39 Å². The van der Waals surface area contributed by atoms with E-state index < -0.39 is 5.95 Å². The van der Waals surface area contributed by atoms with Gasteiger partial charge in [0, 0.05) is 12.4 Å². The topological polar surface area (TPSA) is 50.7 Å². The number of nitrogens with one attached hydrogen (secondary N) is 1. The number of halogens is 1. The maximum atomic E-state index is 12.6. The molecule has 0 saturated heterocycles. The first-order valence-electron chi connectivity index (χ1n) is 4.90. The summed E-state index contributed by atoms with van der Waals surface area (Å²) < 4.78 is 12.6. The summed E-state index contributed by atoms with van der Waals surface area (Å²) in [6.07, 6.45) is 6.39. The summed E-state index contributed by atoms with van der Waals surface area (Å²) in [5.74, 6) is -0.488. The Morgan fingerprint density at radius 2 is 2.06 bits per heavy atom. The number of anilines is 1. The minimum atomic E-state index is -0.488. The molecule has 4 nitrogen and oxygen atoms in total. The van der Waals surface area contributed by atoms with E-state index in [0.29, 0.717) is 0 Å². The van der Waals surface area contributed by atoms with Crippen molar-refractivity contribution in [1.29, 1.82) is 0 Å². The highest BCUT2D eigenvalue weighted by atomic mass is 19.1. The van der Waals surface area contributed by atoms with Gasteiger partial charge in [-0.3, -0.25) is 9.97 Å². The lowest BCUT2D eigenvalue weighted by molar-refractivity contribution is 0.584. The van der Waals surface area contributed by atoms with Gasteiger partial charge >= 0.3 is 0 Å². The van der Waals surface area contributed by atoms with E-state index in [1.165, 1.54) is 12.3 Å². The fraction of sp³-hybridized carbons (Fsp3) is 0.182. The molecule has 1 N–H and O–H groups in total. The number of hydrogen-bond donors (Lipinski definition) is 1. The van der Waals surface area contributed by atoms with E-state index in [4.69, 9.17) is 0 Å². The SMILES string of the molecule is CC(Nc1ccc(F)nc1)c1cnccn1. The summed E-state index contributed by atoms with van der Waals surface area (Å²) in [4.78, 5) is 11.7. The zero-order valence-electron chi connectivity index (χ0n) is 8.76. The first-order chi connectivity index (χ1) is 7.75. The molecule has 0 aliphatic rings. The first-order valence-corrected chi connectivity index (χ1v) is 4.90. The van der Waals surface area contributed by atoms with Gasteiger partial charge in [0.05, 0.1) is 29.8 Å². The Kier molecular flexibility index (Phi) is 3.05. The molecular weight excluding hydrogens is 207 g/mol. The molecule has 2 aromatic rings. The zero-order chi connectivity index (χ0) is 11.4. The molecule has 2 rings (SSSR count). The van der Waals surface area contributed by atoms with E-state index in [2.05, 4.69) is 20.3 Å². The zero-order valence-corrected chi connectivity index (χ0v) is 8.76. The average Bonchev–Trinajstić information content (AvgIpc) is 2.33. The molecule has 0 aromatic carbocycles. The minimum absolute atomic E-state index is 0.000890. The lowest BCUT2D eigenvalue weighted by atomic mass is 10.2. The number of rotatable bonds is 3. The maximum absolute atomic E-state index is 12.6. The molecule has 0 fully saturated rings. The molecule has 16 heavy (non-hydrogen) atoms. The van der Waals surface area contributed by atoms with Gasteiger partial charge in [0.2, 0.25) is 5.95 Å². The highest BCUT2D eigenvalue weighted by Crippen LogP contribution is 2.15. The van der Waals surface area contributed by atoms with Crippen molar-refractivity contribution >= 4 is 5.69 Å². The molecule has 2 aromatic heterocycles. The molecule has 0 radical (unpaired) electrons. The lowest BCUT2D eigenvalue weighted by Gasteiger charge is -2.13. The van der Waals surface area contributed by atoms with Crippen LogP contribution < -0.4 is 5.32 Å². The summed E-state index contributed by atoms with van der Waals surface area (Å²) in [7, 11) is 0. The van der Waals surface area contributed by atoms with Crippen LogP contribution in [-0.4, -0.2) is 15.0 Å². The van der Waals surface area contributed by atoms with E-state index in [-0.39, 0.29) is 6.04 Å². The van der Waals surface area contributed by atoms with E-state index in [9.17, 15) is 4.39 Å².